The maximum absolute atomic E-state index is 5.32. The average molecular weight is 236 g/mol. The van der Waals surface area contributed by atoms with Crippen molar-refractivity contribution in [1.82, 2.24) is 4.98 Å². The van der Waals surface area contributed by atoms with Crippen molar-refractivity contribution in [3.05, 3.63) is 30.1 Å². The molecule has 0 saturated carbocycles. The molecule has 1 rings (SSSR count). The molecule has 0 bridgehead atoms. The van der Waals surface area contributed by atoms with Gasteiger partial charge in [0.2, 0.25) is 0 Å². The van der Waals surface area contributed by atoms with Gasteiger partial charge in [-0.15, -0.1) is 24.0 Å². The molecule has 0 aliphatic rings. The molecule has 2 N–H and O–H groups in total. The zero-order chi connectivity index (χ0) is 5.82. The summed E-state index contributed by atoms with van der Waals surface area (Å²) < 4.78 is 0. The van der Waals surface area contributed by atoms with Crippen LogP contribution >= 0.6 is 24.0 Å². The van der Waals surface area contributed by atoms with Gasteiger partial charge in [0.15, 0.2) is 0 Å². The van der Waals surface area contributed by atoms with Crippen molar-refractivity contribution in [2.45, 2.75) is 6.54 Å². The third-order valence-electron chi connectivity index (χ3n) is 0.985. The van der Waals surface area contributed by atoms with Crippen LogP contribution in [0.1, 0.15) is 5.56 Å². The van der Waals surface area contributed by atoms with E-state index in [-0.39, 0.29) is 24.0 Å². The van der Waals surface area contributed by atoms with Crippen molar-refractivity contribution in [3.8, 4) is 0 Å². The first kappa shape index (κ1) is 8.84. The largest absolute Gasteiger partial charge is 0.326 e. The summed E-state index contributed by atoms with van der Waals surface area (Å²) in [6.07, 6.45) is 3.48. The fraction of sp³-hybridized carbons (Fsp3) is 0.167. The summed E-state index contributed by atoms with van der Waals surface area (Å²) in [7, 11) is 0. The van der Waals surface area contributed by atoms with Gasteiger partial charge in [0.05, 0.1) is 0 Å². The molecule has 0 spiro atoms. The molecule has 0 aliphatic carbocycles. The molecule has 3 heteroatoms. The summed E-state index contributed by atoms with van der Waals surface area (Å²) in [6, 6.07) is 3.81. The highest BCUT2D eigenvalue weighted by molar-refractivity contribution is 14.0. The summed E-state index contributed by atoms with van der Waals surface area (Å²) in [6.45, 7) is 0.600. The maximum Gasteiger partial charge on any atom is 0.0271 e. The molecule has 0 unspecified atom stereocenters. The Morgan fingerprint density at radius 3 is 2.22 bits per heavy atom. The third kappa shape index (κ3) is 2.76. The quantitative estimate of drug-likeness (QED) is 0.743. The first-order chi connectivity index (χ1) is 3.93. The standard InChI is InChI=1S/C6H8N2.HI/c7-5-6-1-3-8-4-2-6;/h1-4H,5,7H2;1H. The SMILES string of the molecule is I.NCc1ccncc1. The number of nitrogens with zero attached hydrogens (tertiary/aromatic N) is 1. The van der Waals surface area contributed by atoms with Crippen LogP contribution in [0.25, 0.3) is 0 Å². The minimum Gasteiger partial charge on any atom is -0.326 e. The molecule has 2 nitrogen and oxygen atoms in total. The van der Waals surface area contributed by atoms with E-state index in [4.69, 9.17) is 5.73 Å². The molecule has 0 radical (unpaired) electrons. The van der Waals surface area contributed by atoms with Crippen molar-refractivity contribution in [2.75, 3.05) is 0 Å². The van der Waals surface area contributed by atoms with Crippen LogP contribution in [0.3, 0.4) is 0 Å². The van der Waals surface area contributed by atoms with E-state index in [0.29, 0.717) is 6.54 Å². The van der Waals surface area contributed by atoms with Gasteiger partial charge in [-0.25, -0.2) is 0 Å². The minimum absolute atomic E-state index is 0. The van der Waals surface area contributed by atoms with Crippen LogP contribution in [0.2, 0.25) is 0 Å². The van der Waals surface area contributed by atoms with E-state index >= 15 is 0 Å². The Kier molecular flexibility index (Phi) is 4.61. The lowest BCUT2D eigenvalue weighted by molar-refractivity contribution is 1.06. The van der Waals surface area contributed by atoms with Crippen LogP contribution in [0.4, 0.5) is 0 Å². The maximum atomic E-state index is 5.32. The van der Waals surface area contributed by atoms with Gasteiger partial charge in [0.1, 0.15) is 0 Å². The van der Waals surface area contributed by atoms with Crippen LogP contribution in [0, 0.1) is 0 Å². The average Bonchev–Trinajstić information content (AvgIpc) is 1.90. The van der Waals surface area contributed by atoms with Gasteiger partial charge in [0.25, 0.3) is 0 Å². The lowest BCUT2D eigenvalue weighted by Crippen LogP contribution is -1.94. The predicted molar refractivity (Wildman–Crippen MR) is 47.5 cm³/mol. The smallest absolute Gasteiger partial charge is 0.0271 e. The molecule has 9 heavy (non-hydrogen) atoms. The van der Waals surface area contributed by atoms with Gasteiger partial charge in [-0.05, 0) is 17.7 Å². The number of hydrogen-bond donors (Lipinski definition) is 1. The Labute approximate surface area is 71.5 Å². The highest BCUT2D eigenvalue weighted by Crippen LogP contribution is 1.91. The first-order valence-electron chi connectivity index (χ1n) is 2.52. The Bertz CT molecular complexity index is 152. The molecule has 1 heterocycles. The van der Waals surface area contributed by atoms with E-state index in [0.717, 1.165) is 5.56 Å². The van der Waals surface area contributed by atoms with Crippen LogP contribution in [0.15, 0.2) is 24.5 Å². The first-order valence-corrected chi connectivity index (χ1v) is 2.52. The number of nitrogens with two attached hydrogens (primary N) is 1. The fourth-order valence-corrected chi connectivity index (χ4v) is 0.519. The number of hydrogen-bond acceptors (Lipinski definition) is 2. The molecule has 0 aliphatic heterocycles. The normalized spacial score (nSPS) is 8.11. The van der Waals surface area contributed by atoms with Crippen LogP contribution in [-0.2, 0) is 6.54 Å². The topological polar surface area (TPSA) is 38.9 Å². The van der Waals surface area contributed by atoms with Crippen molar-refractivity contribution < 1.29 is 0 Å². The van der Waals surface area contributed by atoms with E-state index in [2.05, 4.69) is 4.98 Å². The predicted octanol–water partition coefficient (Wildman–Crippen LogP) is 1.16. The second-order valence-corrected chi connectivity index (χ2v) is 1.56. The molecule has 1 aromatic heterocycles. The lowest BCUT2D eigenvalue weighted by Gasteiger charge is -1.89. The van der Waals surface area contributed by atoms with Gasteiger partial charge >= 0.3 is 0 Å². The molecular weight excluding hydrogens is 227 g/mol. The molecule has 0 saturated heterocycles. The molecule has 0 amide bonds. The van der Waals surface area contributed by atoms with Crippen molar-refractivity contribution in [2.24, 2.45) is 5.73 Å². The van der Waals surface area contributed by atoms with Crippen LogP contribution in [0.5, 0.6) is 0 Å². The number of pyridine rings is 1. The van der Waals surface area contributed by atoms with Crippen LogP contribution < -0.4 is 5.73 Å². The van der Waals surface area contributed by atoms with Gasteiger partial charge in [-0.1, -0.05) is 0 Å². The molecule has 0 atom stereocenters. The van der Waals surface area contributed by atoms with E-state index in [1.807, 2.05) is 12.1 Å². The van der Waals surface area contributed by atoms with Gasteiger partial charge in [-0.3, -0.25) is 4.98 Å². The summed E-state index contributed by atoms with van der Waals surface area (Å²) >= 11 is 0. The van der Waals surface area contributed by atoms with Crippen LogP contribution in [-0.4, -0.2) is 4.98 Å². The number of rotatable bonds is 1. The zero-order valence-electron chi connectivity index (χ0n) is 4.95. The van der Waals surface area contributed by atoms with Gasteiger partial charge in [0, 0.05) is 18.9 Å². The summed E-state index contributed by atoms with van der Waals surface area (Å²) in [4.78, 5) is 3.84. The summed E-state index contributed by atoms with van der Waals surface area (Å²) in [5.74, 6) is 0. The minimum atomic E-state index is 0. The Balaban J connectivity index is 0.000000640. The molecular formula is C6H9IN2. The molecule has 1 aromatic rings. The van der Waals surface area contributed by atoms with Gasteiger partial charge in [-0.2, -0.15) is 0 Å². The molecule has 0 aromatic carbocycles. The summed E-state index contributed by atoms with van der Waals surface area (Å²) in [5.41, 5.74) is 6.45. The monoisotopic (exact) mass is 236 g/mol. The Morgan fingerprint density at radius 1 is 1.33 bits per heavy atom. The highest BCUT2D eigenvalue weighted by Gasteiger charge is 1.80. The number of halogens is 1. The fourth-order valence-electron chi connectivity index (χ4n) is 0.519. The van der Waals surface area contributed by atoms with Crippen molar-refractivity contribution in [1.29, 1.82) is 0 Å². The highest BCUT2D eigenvalue weighted by atomic mass is 127. The van der Waals surface area contributed by atoms with E-state index < -0.39 is 0 Å². The Hall–Kier alpha value is -0.160. The lowest BCUT2D eigenvalue weighted by atomic mass is 10.3. The van der Waals surface area contributed by atoms with Gasteiger partial charge < -0.3 is 5.73 Å². The van der Waals surface area contributed by atoms with E-state index in [1.54, 1.807) is 12.4 Å². The van der Waals surface area contributed by atoms with Crippen molar-refractivity contribution in [3.63, 3.8) is 0 Å². The molecule has 50 valence electrons. The van der Waals surface area contributed by atoms with Crippen molar-refractivity contribution >= 4 is 24.0 Å². The van der Waals surface area contributed by atoms with E-state index in [9.17, 15) is 0 Å². The number of aromatic nitrogens is 1. The Morgan fingerprint density at radius 2 is 1.89 bits per heavy atom. The zero-order valence-corrected chi connectivity index (χ0v) is 7.28. The third-order valence-corrected chi connectivity index (χ3v) is 0.985. The molecule has 0 fully saturated rings. The second-order valence-electron chi connectivity index (χ2n) is 1.56. The summed E-state index contributed by atoms with van der Waals surface area (Å²) in [5, 5.41) is 0. The van der Waals surface area contributed by atoms with E-state index in [1.165, 1.54) is 0 Å². The second kappa shape index (κ2) is 4.69.